The zero-order valence-corrected chi connectivity index (χ0v) is 11.8. The predicted molar refractivity (Wildman–Crippen MR) is 78.3 cm³/mol. The van der Waals surface area contributed by atoms with Crippen LogP contribution >= 0.6 is 11.6 Å². The number of para-hydroxylation sites is 1. The molecule has 1 atom stereocenters. The maximum atomic E-state index is 12.5. The second-order valence-electron chi connectivity index (χ2n) is 4.96. The van der Waals surface area contributed by atoms with E-state index >= 15 is 0 Å². The van der Waals surface area contributed by atoms with Gasteiger partial charge in [0.2, 0.25) is 0 Å². The summed E-state index contributed by atoms with van der Waals surface area (Å²) in [5, 5.41) is 4.27. The molecule has 0 radical (unpaired) electrons. The topological polar surface area (TPSA) is 38.1 Å². The van der Waals surface area contributed by atoms with E-state index in [0.717, 1.165) is 25.1 Å². The first-order chi connectivity index (χ1) is 9.79. The van der Waals surface area contributed by atoms with Crippen LogP contribution in [0.4, 0.5) is 0 Å². The maximum Gasteiger partial charge on any atom is 0.257 e. The van der Waals surface area contributed by atoms with Gasteiger partial charge in [0.25, 0.3) is 5.91 Å². The highest BCUT2D eigenvalue weighted by molar-refractivity contribution is 6.18. The zero-order chi connectivity index (χ0) is 13.9. The fraction of sp³-hybridized carbons (Fsp3) is 0.333. The van der Waals surface area contributed by atoms with Crippen LogP contribution in [0.5, 0.6) is 0 Å². The first kappa shape index (κ1) is 13.2. The first-order valence-corrected chi connectivity index (χ1v) is 7.30. The number of likely N-dealkylation sites (tertiary alicyclic amines) is 1. The van der Waals surface area contributed by atoms with Gasteiger partial charge in [0, 0.05) is 24.7 Å². The smallest absolute Gasteiger partial charge is 0.257 e. The Morgan fingerprint density at radius 1 is 1.35 bits per heavy atom. The van der Waals surface area contributed by atoms with Gasteiger partial charge in [-0.2, -0.15) is 5.10 Å². The van der Waals surface area contributed by atoms with Gasteiger partial charge in [-0.25, -0.2) is 4.68 Å². The number of carbonyl (C=O) groups excluding carboxylic acids is 1. The van der Waals surface area contributed by atoms with E-state index in [1.165, 1.54) is 0 Å². The number of amides is 1. The highest BCUT2D eigenvalue weighted by Gasteiger charge is 2.29. The first-order valence-electron chi connectivity index (χ1n) is 6.76. The minimum absolute atomic E-state index is 0.0235. The number of rotatable bonds is 3. The lowest BCUT2D eigenvalue weighted by molar-refractivity contribution is 0.0749. The van der Waals surface area contributed by atoms with E-state index in [9.17, 15) is 4.79 Å². The van der Waals surface area contributed by atoms with Gasteiger partial charge >= 0.3 is 0 Å². The number of alkyl halides is 1. The molecular formula is C15H16ClN3O. The standard InChI is InChI=1S/C15H16ClN3O/c16-9-14-7-4-8-18(14)15(20)12-10-17-19(11-12)13-5-2-1-3-6-13/h1-3,5-6,10-11,14H,4,7-9H2. The average Bonchev–Trinajstić information content (AvgIpc) is 3.16. The van der Waals surface area contributed by atoms with Crippen molar-refractivity contribution >= 4 is 17.5 Å². The Morgan fingerprint density at radius 2 is 2.15 bits per heavy atom. The molecule has 0 bridgehead atoms. The molecule has 5 heteroatoms. The third-order valence-corrected chi connectivity index (χ3v) is 4.02. The number of carbonyl (C=O) groups is 1. The Kier molecular flexibility index (Phi) is 3.74. The van der Waals surface area contributed by atoms with Crippen molar-refractivity contribution in [1.82, 2.24) is 14.7 Å². The molecule has 2 aromatic rings. The van der Waals surface area contributed by atoms with Crippen LogP contribution in [0.15, 0.2) is 42.7 Å². The van der Waals surface area contributed by atoms with Crippen molar-refractivity contribution in [1.29, 1.82) is 0 Å². The molecule has 1 unspecified atom stereocenters. The van der Waals surface area contributed by atoms with Crippen LogP contribution in [-0.4, -0.2) is 39.1 Å². The number of benzene rings is 1. The fourth-order valence-electron chi connectivity index (χ4n) is 2.58. The van der Waals surface area contributed by atoms with Crippen molar-refractivity contribution in [3.05, 3.63) is 48.3 Å². The number of halogens is 1. The van der Waals surface area contributed by atoms with Crippen LogP contribution in [0, 0.1) is 0 Å². The summed E-state index contributed by atoms with van der Waals surface area (Å²) in [6.45, 7) is 0.784. The molecule has 104 valence electrons. The number of nitrogens with zero attached hydrogens (tertiary/aromatic N) is 3. The molecule has 1 amide bonds. The van der Waals surface area contributed by atoms with E-state index in [-0.39, 0.29) is 11.9 Å². The molecule has 1 aromatic carbocycles. The van der Waals surface area contributed by atoms with Crippen LogP contribution in [0.1, 0.15) is 23.2 Å². The molecule has 0 saturated carbocycles. The molecule has 1 aliphatic heterocycles. The van der Waals surface area contributed by atoms with Crippen LogP contribution in [0.2, 0.25) is 0 Å². The summed E-state index contributed by atoms with van der Waals surface area (Å²) in [7, 11) is 0. The van der Waals surface area contributed by atoms with Gasteiger partial charge in [-0.1, -0.05) is 18.2 Å². The molecule has 0 N–H and O–H groups in total. The minimum atomic E-state index is 0.0235. The predicted octanol–water partition coefficient (Wildman–Crippen LogP) is 2.72. The lowest BCUT2D eigenvalue weighted by Crippen LogP contribution is -2.36. The quantitative estimate of drug-likeness (QED) is 0.815. The van der Waals surface area contributed by atoms with E-state index in [2.05, 4.69) is 5.10 Å². The number of hydrogen-bond acceptors (Lipinski definition) is 2. The summed E-state index contributed by atoms with van der Waals surface area (Å²) in [6, 6.07) is 9.92. The van der Waals surface area contributed by atoms with Gasteiger partial charge in [0.05, 0.1) is 17.4 Å². The summed E-state index contributed by atoms with van der Waals surface area (Å²) in [5.74, 6) is 0.522. The molecule has 2 heterocycles. The van der Waals surface area contributed by atoms with E-state index in [1.54, 1.807) is 17.1 Å². The Balaban J connectivity index is 1.82. The van der Waals surface area contributed by atoms with Crippen molar-refractivity contribution in [3.8, 4) is 5.69 Å². The second kappa shape index (κ2) is 5.67. The van der Waals surface area contributed by atoms with Gasteiger partial charge in [0.1, 0.15) is 0 Å². The average molecular weight is 290 g/mol. The van der Waals surface area contributed by atoms with Crippen LogP contribution in [0.3, 0.4) is 0 Å². The molecular weight excluding hydrogens is 274 g/mol. The molecule has 3 rings (SSSR count). The van der Waals surface area contributed by atoms with Gasteiger partial charge in [-0.3, -0.25) is 4.79 Å². The monoisotopic (exact) mass is 289 g/mol. The molecule has 0 spiro atoms. The number of aromatic nitrogens is 2. The fourth-order valence-corrected chi connectivity index (χ4v) is 2.91. The largest absolute Gasteiger partial charge is 0.334 e. The normalized spacial score (nSPS) is 18.4. The van der Waals surface area contributed by atoms with Crippen molar-refractivity contribution in [2.75, 3.05) is 12.4 Å². The van der Waals surface area contributed by atoms with Crippen molar-refractivity contribution in [3.63, 3.8) is 0 Å². The minimum Gasteiger partial charge on any atom is -0.334 e. The molecule has 0 aliphatic carbocycles. The molecule has 20 heavy (non-hydrogen) atoms. The lowest BCUT2D eigenvalue weighted by Gasteiger charge is -2.22. The summed E-state index contributed by atoms with van der Waals surface area (Å²) in [6.07, 6.45) is 5.41. The van der Waals surface area contributed by atoms with Gasteiger partial charge < -0.3 is 4.90 Å². The molecule has 1 fully saturated rings. The highest BCUT2D eigenvalue weighted by atomic mass is 35.5. The molecule has 1 aliphatic rings. The highest BCUT2D eigenvalue weighted by Crippen LogP contribution is 2.21. The van der Waals surface area contributed by atoms with Gasteiger partial charge in [-0.05, 0) is 25.0 Å². The SMILES string of the molecule is O=C(c1cnn(-c2ccccc2)c1)N1CCCC1CCl. The van der Waals surface area contributed by atoms with E-state index in [4.69, 9.17) is 11.6 Å². The van der Waals surface area contributed by atoms with Crippen molar-refractivity contribution < 1.29 is 4.79 Å². The van der Waals surface area contributed by atoms with E-state index in [0.29, 0.717) is 11.4 Å². The summed E-state index contributed by atoms with van der Waals surface area (Å²) >= 11 is 5.92. The Morgan fingerprint density at radius 3 is 2.90 bits per heavy atom. The van der Waals surface area contributed by atoms with Crippen LogP contribution in [0.25, 0.3) is 5.69 Å². The zero-order valence-electron chi connectivity index (χ0n) is 11.1. The van der Waals surface area contributed by atoms with Crippen molar-refractivity contribution in [2.45, 2.75) is 18.9 Å². The van der Waals surface area contributed by atoms with E-state index < -0.39 is 0 Å². The van der Waals surface area contributed by atoms with Crippen molar-refractivity contribution in [2.24, 2.45) is 0 Å². The van der Waals surface area contributed by atoms with Crippen LogP contribution in [-0.2, 0) is 0 Å². The molecule has 1 aromatic heterocycles. The Hall–Kier alpha value is -1.81. The Labute approximate surface area is 123 Å². The van der Waals surface area contributed by atoms with Crippen LogP contribution < -0.4 is 0 Å². The molecule has 4 nitrogen and oxygen atoms in total. The second-order valence-corrected chi connectivity index (χ2v) is 5.27. The summed E-state index contributed by atoms with van der Waals surface area (Å²) < 4.78 is 1.72. The third kappa shape index (κ3) is 2.43. The molecule has 1 saturated heterocycles. The summed E-state index contributed by atoms with van der Waals surface area (Å²) in [5.41, 5.74) is 1.56. The summed E-state index contributed by atoms with van der Waals surface area (Å²) in [4.78, 5) is 14.3. The Bertz CT molecular complexity index is 596. The van der Waals surface area contributed by atoms with Gasteiger partial charge in [0.15, 0.2) is 0 Å². The third-order valence-electron chi connectivity index (χ3n) is 3.67. The maximum absolute atomic E-state index is 12.5. The van der Waals surface area contributed by atoms with Gasteiger partial charge in [-0.15, -0.1) is 11.6 Å². The lowest BCUT2D eigenvalue weighted by atomic mass is 10.2. The van der Waals surface area contributed by atoms with E-state index in [1.807, 2.05) is 35.2 Å². The number of hydrogen-bond donors (Lipinski definition) is 0.